The monoisotopic (exact) mass is 386 g/mol. The van der Waals surface area contributed by atoms with E-state index in [1.807, 2.05) is 24.3 Å². The van der Waals surface area contributed by atoms with Crippen LogP contribution in [0.25, 0.3) is 0 Å². The minimum absolute atomic E-state index is 0.130. The maximum Gasteiger partial charge on any atom is 0.220 e. The van der Waals surface area contributed by atoms with E-state index in [1.54, 1.807) is 0 Å². The number of rotatable bonds is 6. The van der Waals surface area contributed by atoms with E-state index in [9.17, 15) is 4.79 Å². The molecule has 0 aromatic heterocycles. The highest BCUT2D eigenvalue weighted by Crippen LogP contribution is 2.24. The van der Waals surface area contributed by atoms with Gasteiger partial charge in [-0.25, -0.2) is 0 Å². The highest BCUT2D eigenvalue weighted by molar-refractivity contribution is 9.10. The molecule has 1 aliphatic rings. The first-order chi connectivity index (χ1) is 11.7. The zero-order chi connectivity index (χ0) is 16.8. The first kappa shape index (κ1) is 17.0. The molecule has 0 unspecified atom stereocenters. The molecular formula is C20H23BrN2O. The molecule has 1 heterocycles. The van der Waals surface area contributed by atoms with E-state index < -0.39 is 0 Å². The molecule has 0 aliphatic carbocycles. The lowest BCUT2D eigenvalue weighted by atomic mass is 10.1. The Morgan fingerprint density at radius 2 is 1.88 bits per heavy atom. The number of aryl methyl sites for hydroxylation is 1. The highest BCUT2D eigenvalue weighted by atomic mass is 79.9. The van der Waals surface area contributed by atoms with Crippen molar-refractivity contribution in [3.05, 3.63) is 64.6 Å². The van der Waals surface area contributed by atoms with Gasteiger partial charge in [-0.3, -0.25) is 4.79 Å². The molecular weight excluding hydrogens is 364 g/mol. The summed E-state index contributed by atoms with van der Waals surface area (Å²) in [6.07, 6.45) is 3.62. The second-order valence-electron chi connectivity index (χ2n) is 6.22. The molecule has 0 bridgehead atoms. The molecule has 3 rings (SSSR count). The van der Waals surface area contributed by atoms with Crippen molar-refractivity contribution in [2.45, 2.75) is 31.7 Å². The average molecular weight is 387 g/mol. The molecule has 1 atom stereocenters. The smallest absolute Gasteiger partial charge is 0.220 e. The molecule has 0 spiro atoms. The first-order valence-corrected chi connectivity index (χ1v) is 9.35. The van der Waals surface area contributed by atoms with E-state index in [0.29, 0.717) is 12.5 Å². The molecule has 0 saturated carbocycles. The Morgan fingerprint density at radius 3 is 2.67 bits per heavy atom. The van der Waals surface area contributed by atoms with Crippen molar-refractivity contribution in [1.29, 1.82) is 0 Å². The third-order valence-electron chi connectivity index (χ3n) is 4.58. The van der Waals surface area contributed by atoms with Crippen LogP contribution >= 0.6 is 15.9 Å². The zero-order valence-electron chi connectivity index (χ0n) is 13.7. The number of halogens is 1. The van der Waals surface area contributed by atoms with Crippen LogP contribution in [0, 0.1) is 0 Å². The van der Waals surface area contributed by atoms with Gasteiger partial charge in [0, 0.05) is 35.7 Å². The first-order valence-electron chi connectivity index (χ1n) is 8.56. The number of para-hydroxylation sites is 1. The number of benzene rings is 2. The molecule has 1 saturated heterocycles. The van der Waals surface area contributed by atoms with Crippen LogP contribution in [-0.4, -0.2) is 25.0 Å². The van der Waals surface area contributed by atoms with Gasteiger partial charge in [-0.05, 0) is 43.0 Å². The van der Waals surface area contributed by atoms with Gasteiger partial charge in [0.1, 0.15) is 0 Å². The summed E-state index contributed by atoms with van der Waals surface area (Å²) >= 11 is 3.53. The Balaban J connectivity index is 1.48. The summed E-state index contributed by atoms with van der Waals surface area (Å²) in [4.78, 5) is 14.6. The SMILES string of the molecule is O=C(CCc1ccccc1Br)NC[C@H]1CCCN1c1ccccc1. The maximum atomic E-state index is 12.2. The minimum Gasteiger partial charge on any atom is -0.367 e. The van der Waals surface area contributed by atoms with Crippen molar-refractivity contribution in [3.8, 4) is 0 Å². The van der Waals surface area contributed by atoms with Gasteiger partial charge in [-0.15, -0.1) is 0 Å². The molecule has 126 valence electrons. The predicted octanol–water partition coefficient (Wildman–Crippen LogP) is 4.17. The van der Waals surface area contributed by atoms with Crippen molar-refractivity contribution in [1.82, 2.24) is 5.32 Å². The number of nitrogens with zero attached hydrogens (tertiary/aromatic N) is 1. The summed E-state index contributed by atoms with van der Waals surface area (Å²) in [7, 11) is 0. The van der Waals surface area contributed by atoms with Crippen molar-refractivity contribution >= 4 is 27.5 Å². The Kier molecular flexibility index (Phi) is 5.91. The van der Waals surface area contributed by atoms with Crippen molar-refractivity contribution in [3.63, 3.8) is 0 Å². The largest absolute Gasteiger partial charge is 0.367 e. The third kappa shape index (κ3) is 4.38. The van der Waals surface area contributed by atoms with E-state index in [4.69, 9.17) is 0 Å². The summed E-state index contributed by atoms with van der Waals surface area (Å²) in [5.41, 5.74) is 2.43. The summed E-state index contributed by atoms with van der Waals surface area (Å²) in [6, 6.07) is 19.0. The van der Waals surface area contributed by atoms with Crippen LogP contribution in [0.15, 0.2) is 59.1 Å². The molecule has 1 amide bonds. The van der Waals surface area contributed by atoms with E-state index >= 15 is 0 Å². The predicted molar refractivity (Wildman–Crippen MR) is 102 cm³/mol. The Bertz CT molecular complexity index is 674. The highest BCUT2D eigenvalue weighted by Gasteiger charge is 2.24. The summed E-state index contributed by atoms with van der Waals surface area (Å²) < 4.78 is 1.07. The van der Waals surface area contributed by atoms with Crippen molar-refractivity contribution < 1.29 is 4.79 Å². The normalized spacial score (nSPS) is 17.0. The van der Waals surface area contributed by atoms with Gasteiger partial charge in [-0.2, -0.15) is 0 Å². The van der Waals surface area contributed by atoms with E-state index in [2.05, 4.69) is 56.5 Å². The average Bonchev–Trinajstić information content (AvgIpc) is 3.08. The lowest BCUT2D eigenvalue weighted by molar-refractivity contribution is -0.121. The number of hydrogen-bond donors (Lipinski definition) is 1. The molecule has 3 nitrogen and oxygen atoms in total. The van der Waals surface area contributed by atoms with Gasteiger partial charge in [0.25, 0.3) is 0 Å². The molecule has 1 fully saturated rings. The fourth-order valence-electron chi connectivity index (χ4n) is 3.28. The number of carbonyl (C=O) groups is 1. The zero-order valence-corrected chi connectivity index (χ0v) is 15.3. The lowest BCUT2D eigenvalue weighted by Crippen LogP contribution is -2.40. The van der Waals surface area contributed by atoms with Crippen LogP contribution in [0.4, 0.5) is 5.69 Å². The van der Waals surface area contributed by atoms with Gasteiger partial charge in [0.2, 0.25) is 5.91 Å². The Hall–Kier alpha value is -1.81. The molecule has 1 aliphatic heterocycles. The molecule has 4 heteroatoms. The summed E-state index contributed by atoms with van der Waals surface area (Å²) in [6.45, 7) is 1.80. The van der Waals surface area contributed by atoms with Crippen LogP contribution in [0.3, 0.4) is 0 Å². The van der Waals surface area contributed by atoms with Gasteiger partial charge in [0.15, 0.2) is 0 Å². The fraction of sp³-hybridized carbons (Fsp3) is 0.350. The van der Waals surface area contributed by atoms with Gasteiger partial charge in [0.05, 0.1) is 0 Å². The van der Waals surface area contributed by atoms with Gasteiger partial charge < -0.3 is 10.2 Å². The second kappa shape index (κ2) is 8.34. The van der Waals surface area contributed by atoms with Crippen LogP contribution in [-0.2, 0) is 11.2 Å². The summed E-state index contributed by atoms with van der Waals surface area (Å²) in [5.74, 6) is 0.130. The van der Waals surface area contributed by atoms with Crippen molar-refractivity contribution in [2.24, 2.45) is 0 Å². The topological polar surface area (TPSA) is 32.3 Å². The molecule has 2 aromatic rings. The number of anilines is 1. The van der Waals surface area contributed by atoms with Gasteiger partial charge in [-0.1, -0.05) is 52.3 Å². The molecule has 0 radical (unpaired) electrons. The quantitative estimate of drug-likeness (QED) is 0.807. The molecule has 2 aromatic carbocycles. The fourth-order valence-corrected chi connectivity index (χ4v) is 3.76. The van der Waals surface area contributed by atoms with Gasteiger partial charge >= 0.3 is 0 Å². The Labute approximate surface area is 152 Å². The number of hydrogen-bond acceptors (Lipinski definition) is 2. The second-order valence-corrected chi connectivity index (χ2v) is 7.07. The minimum atomic E-state index is 0.130. The standard InChI is InChI=1S/C20H23BrN2O/c21-19-11-5-4-7-16(19)12-13-20(24)22-15-18-10-6-14-23(18)17-8-2-1-3-9-17/h1-5,7-9,11,18H,6,10,12-15H2,(H,22,24)/t18-/m1/s1. The number of amides is 1. The van der Waals surface area contributed by atoms with Crippen LogP contribution in [0.1, 0.15) is 24.8 Å². The summed E-state index contributed by atoms with van der Waals surface area (Å²) in [5, 5.41) is 3.12. The van der Waals surface area contributed by atoms with Crippen molar-refractivity contribution in [2.75, 3.05) is 18.0 Å². The van der Waals surface area contributed by atoms with Crippen LogP contribution < -0.4 is 10.2 Å². The van der Waals surface area contributed by atoms with Crippen LogP contribution in [0.5, 0.6) is 0 Å². The number of nitrogens with one attached hydrogen (secondary N) is 1. The maximum absolute atomic E-state index is 12.2. The van der Waals surface area contributed by atoms with E-state index in [-0.39, 0.29) is 5.91 Å². The lowest BCUT2D eigenvalue weighted by Gasteiger charge is -2.27. The Morgan fingerprint density at radius 1 is 1.12 bits per heavy atom. The van der Waals surface area contributed by atoms with Crippen LogP contribution in [0.2, 0.25) is 0 Å². The van der Waals surface area contributed by atoms with E-state index in [0.717, 1.165) is 30.4 Å². The molecule has 1 N–H and O–H groups in total. The molecule has 24 heavy (non-hydrogen) atoms. The van der Waals surface area contributed by atoms with E-state index in [1.165, 1.54) is 17.7 Å². The number of carbonyl (C=O) groups excluding carboxylic acids is 1. The third-order valence-corrected chi connectivity index (χ3v) is 5.35.